The van der Waals surface area contributed by atoms with E-state index < -0.39 is 5.97 Å². The van der Waals surface area contributed by atoms with E-state index in [1.165, 1.54) is 11.6 Å². The number of benzene rings is 2. The first kappa shape index (κ1) is 20.4. The van der Waals surface area contributed by atoms with Crippen molar-refractivity contribution in [1.82, 2.24) is 9.66 Å². The van der Waals surface area contributed by atoms with E-state index in [2.05, 4.69) is 41.9 Å². The average molecular weight is 507 g/mol. The van der Waals surface area contributed by atoms with Crippen molar-refractivity contribution < 1.29 is 9.53 Å². The van der Waals surface area contributed by atoms with Crippen LogP contribution in [0.2, 0.25) is 0 Å². The van der Waals surface area contributed by atoms with Crippen molar-refractivity contribution in [2.45, 2.75) is 26.7 Å². The summed E-state index contributed by atoms with van der Waals surface area (Å²) in [7, 11) is 0. The van der Waals surface area contributed by atoms with Gasteiger partial charge in [0.05, 0.1) is 21.6 Å². The Labute approximate surface area is 178 Å². The molecule has 1 heterocycles. The molecule has 0 saturated heterocycles. The molecule has 1 aromatic heterocycles. The molecule has 0 bridgehead atoms. The van der Waals surface area contributed by atoms with Crippen LogP contribution >= 0.6 is 31.9 Å². The topological polar surface area (TPSA) is 73.5 Å². The van der Waals surface area contributed by atoms with Crippen molar-refractivity contribution in [3.05, 3.63) is 67.1 Å². The van der Waals surface area contributed by atoms with Crippen molar-refractivity contribution >= 4 is 54.9 Å². The zero-order valence-electron chi connectivity index (χ0n) is 15.4. The van der Waals surface area contributed by atoms with Crippen LogP contribution in [-0.2, 0) is 4.79 Å². The van der Waals surface area contributed by atoms with Crippen molar-refractivity contribution in [3.63, 3.8) is 0 Å². The summed E-state index contributed by atoms with van der Waals surface area (Å²) < 4.78 is 7.84. The summed E-state index contributed by atoms with van der Waals surface area (Å²) in [4.78, 5) is 28.7. The third-order valence-electron chi connectivity index (χ3n) is 3.88. The maximum Gasteiger partial charge on any atom is 0.308 e. The van der Waals surface area contributed by atoms with E-state index in [1.54, 1.807) is 30.5 Å². The van der Waals surface area contributed by atoms with Crippen LogP contribution in [0.4, 0.5) is 0 Å². The second-order valence-corrected chi connectivity index (χ2v) is 8.20. The molecule has 144 valence electrons. The van der Waals surface area contributed by atoms with Crippen LogP contribution in [0.15, 0.2) is 55.2 Å². The Morgan fingerprint density at radius 2 is 1.96 bits per heavy atom. The Morgan fingerprint density at radius 1 is 1.21 bits per heavy atom. The Morgan fingerprint density at radius 3 is 2.61 bits per heavy atom. The van der Waals surface area contributed by atoms with Gasteiger partial charge in [0, 0.05) is 17.3 Å². The highest BCUT2D eigenvalue weighted by atomic mass is 79.9. The molecule has 0 aliphatic heterocycles. The van der Waals surface area contributed by atoms with Gasteiger partial charge in [0.2, 0.25) is 0 Å². The van der Waals surface area contributed by atoms with E-state index in [1.807, 2.05) is 26.0 Å². The molecule has 0 aliphatic carbocycles. The molecule has 0 radical (unpaired) electrons. The van der Waals surface area contributed by atoms with Gasteiger partial charge in [-0.3, -0.25) is 9.59 Å². The van der Waals surface area contributed by atoms with Crippen LogP contribution in [0.5, 0.6) is 5.75 Å². The van der Waals surface area contributed by atoms with Crippen molar-refractivity contribution in [1.29, 1.82) is 0 Å². The first-order valence-corrected chi connectivity index (χ1v) is 10.1. The Bertz CT molecular complexity index is 1150. The number of hydrogen-bond acceptors (Lipinski definition) is 5. The molecule has 0 N–H and O–H groups in total. The van der Waals surface area contributed by atoms with Gasteiger partial charge in [-0.25, -0.2) is 4.98 Å². The van der Waals surface area contributed by atoms with Crippen LogP contribution in [0.3, 0.4) is 0 Å². The second kappa shape index (κ2) is 8.36. The lowest BCUT2D eigenvalue weighted by Gasteiger charge is -2.12. The van der Waals surface area contributed by atoms with Crippen LogP contribution < -0.4 is 10.3 Å². The van der Waals surface area contributed by atoms with Crippen molar-refractivity contribution in [3.8, 4) is 5.75 Å². The van der Waals surface area contributed by atoms with Crippen LogP contribution in [0.1, 0.15) is 38.1 Å². The number of nitrogens with zero attached hydrogens (tertiary/aromatic N) is 3. The first-order chi connectivity index (χ1) is 13.3. The lowest BCUT2D eigenvalue weighted by atomic mass is 10.2. The molecule has 0 spiro atoms. The molecule has 0 unspecified atom stereocenters. The number of rotatable bonds is 4. The number of hydrogen-bond donors (Lipinski definition) is 0. The molecule has 0 fully saturated rings. The van der Waals surface area contributed by atoms with E-state index in [-0.39, 0.29) is 11.5 Å². The number of ether oxygens (including phenoxy) is 1. The van der Waals surface area contributed by atoms with E-state index >= 15 is 0 Å². The predicted octanol–water partition coefficient (Wildman–Crippen LogP) is 4.85. The fourth-order valence-electron chi connectivity index (χ4n) is 2.61. The zero-order chi connectivity index (χ0) is 20.4. The first-order valence-electron chi connectivity index (χ1n) is 8.51. The number of esters is 1. The minimum absolute atomic E-state index is 0.0102. The molecule has 2 aromatic carbocycles. The minimum Gasteiger partial charge on any atom is -0.426 e. The maximum absolute atomic E-state index is 13.0. The van der Waals surface area contributed by atoms with Gasteiger partial charge in [0.15, 0.2) is 0 Å². The van der Waals surface area contributed by atoms with Gasteiger partial charge < -0.3 is 4.74 Å². The summed E-state index contributed by atoms with van der Waals surface area (Å²) in [6.45, 7) is 5.26. The standard InChI is InChI=1S/C20H17Br2N3O3/c1-11(2)19-24-17-6-5-14(21)9-15(17)20(27)25(19)23-10-13-4-7-18(16(22)8-13)28-12(3)26/h4-11H,1-3H3. The normalized spacial score (nSPS) is 11.5. The molecule has 28 heavy (non-hydrogen) atoms. The second-order valence-electron chi connectivity index (χ2n) is 6.43. The fraction of sp³-hybridized carbons (Fsp3) is 0.200. The van der Waals surface area contributed by atoms with E-state index in [4.69, 9.17) is 4.74 Å². The fourth-order valence-corrected chi connectivity index (χ4v) is 3.45. The molecule has 0 amide bonds. The Balaban J connectivity index is 2.07. The minimum atomic E-state index is -0.399. The lowest BCUT2D eigenvalue weighted by Crippen LogP contribution is -2.23. The van der Waals surface area contributed by atoms with Gasteiger partial charge in [-0.1, -0.05) is 29.8 Å². The quantitative estimate of drug-likeness (QED) is 0.288. The number of aromatic nitrogens is 2. The summed E-state index contributed by atoms with van der Waals surface area (Å²) in [5.74, 6) is 0.605. The summed E-state index contributed by atoms with van der Waals surface area (Å²) >= 11 is 6.76. The third-order valence-corrected chi connectivity index (χ3v) is 4.99. The van der Waals surface area contributed by atoms with E-state index in [0.717, 1.165) is 10.0 Å². The number of carbonyl (C=O) groups excluding carboxylic acids is 1. The molecule has 0 atom stereocenters. The van der Waals surface area contributed by atoms with Crippen LogP contribution in [0.25, 0.3) is 10.9 Å². The zero-order valence-corrected chi connectivity index (χ0v) is 18.6. The summed E-state index contributed by atoms with van der Waals surface area (Å²) in [5.41, 5.74) is 1.14. The third kappa shape index (κ3) is 4.39. The summed E-state index contributed by atoms with van der Waals surface area (Å²) in [5, 5.41) is 4.87. The van der Waals surface area contributed by atoms with Crippen molar-refractivity contribution in [2.75, 3.05) is 0 Å². The highest BCUT2D eigenvalue weighted by Crippen LogP contribution is 2.26. The van der Waals surface area contributed by atoms with Crippen LogP contribution in [-0.4, -0.2) is 21.8 Å². The highest BCUT2D eigenvalue weighted by Gasteiger charge is 2.14. The molecule has 3 aromatic rings. The monoisotopic (exact) mass is 505 g/mol. The smallest absolute Gasteiger partial charge is 0.308 e. The maximum atomic E-state index is 13.0. The average Bonchev–Trinajstić information content (AvgIpc) is 2.63. The highest BCUT2D eigenvalue weighted by molar-refractivity contribution is 9.10. The molecule has 0 saturated carbocycles. The van der Waals surface area contributed by atoms with Crippen LogP contribution in [0, 0.1) is 0 Å². The van der Waals surface area contributed by atoms with Gasteiger partial charge >= 0.3 is 5.97 Å². The molecular weight excluding hydrogens is 490 g/mol. The molecule has 6 nitrogen and oxygen atoms in total. The Kier molecular flexibility index (Phi) is 6.10. The van der Waals surface area contributed by atoms with Crippen molar-refractivity contribution in [2.24, 2.45) is 5.10 Å². The van der Waals surface area contributed by atoms with E-state index in [0.29, 0.717) is 26.9 Å². The van der Waals surface area contributed by atoms with E-state index in [9.17, 15) is 9.59 Å². The summed E-state index contributed by atoms with van der Waals surface area (Å²) in [6.07, 6.45) is 1.57. The van der Waals surface area contributed by atoms with Gasteiger partial charge in [-0.15, -0.1) is 0 Å². The Hall–Kier alpha value is -2.32. The predicted molar refractivity (Wildman–Crippen MR) is 116 cm³/mol. The van der Waals surface area contributed by atoms with Gasteiger partial charge in [-0.2, -0.15) is 9.78 Å². The van der Waals surface area contributed by atoms with Gasteiger partial charge in [0.1, 0.15) is 11.6 Å². The van der Waals surface area contributed by atoms with Gasteiger partial charge in [-0.05, 0) is 57.9 Å². The molecule has 3 rings (SSSR count). The largest absolute Gasteiger partial charge is 0.426 e. The number of carbonyl (C=O) groups is 1. The van der Waals surface area contributed by atoms with Gasteiger partial charge in [0.25, 0.3) is 5.56 Å². The lowest BCUT2D eigenvalue weighted by molar-refractivity contribution is -0.131. The number of halogens is 2. The molecule has 0 aliphatic rings. The molecular formula is C20H17Br2N3O3. The SMILES string of the molecule is CC(=O)Oc1ccc(C=Nn2c(C(C)C)nc3ccc(Br)cc3c2=O)cc1Br. The molecule has 8 heteroatoms. The number of fused-ring (bicyclic) bond motifs is 1. The summed E-state index contributed by atoms with van der Waals surface area (Å²) in [6, 6.07) is 10.6.